The molecule has 0 amide bonds. The Bertz CT molecular complexity index is 569. The van der Waals surface area contributed by atoms with Gasteiger partial charge < -0.3 is 9.47 Å². The van der Waals surface area contributed by atoms with E-state index in [-0.39, 0.29) is 0 Å². The number of aromatic nitrogens is 2. The molecule has 0 saturated carbocycles. The Morgan fingerprint density at radius 1 is 1.35 bits per heavy atom. The van der Waals surface area contributed by atoms with Crippen LogP contribution in [0.2, 0.25) is 0 Å². The summed E-state index contributed by atoms with van der Waals surface area (Å²) >= 11 is 3.25. The van der Waals surface area contributed by atoms with Gasteiger partial charge in [0.1, 0.15) is 10.3 Å². The second kappa shape index (κ2) is 7.21. The number of carbonyl (C=O) groups is 1. The van der Waals surface area contributed by atoms with Crippen molar-refractivity contribution in [1.82, 2.24) is 9.78 Å². The molecule has 0 saturated heterocycles. The highest BCUT2D eigenvalue weighted by Gasteiger charge is 2.14. The lowest BCUT2D eigenvalue weighted by Gasteiger charge is -2.07. The first-order valence-corrected chi connectivity index (χ1v) is 6.93. The van der Waals surface area contributed by atoms with Gasteiger partial charge in [-0.2, -0.15) is 5.10 Å². The number of ether oxygens (including phenoxy) is 2. The first-order valence-electron chi connectivity index (χ1n) is 6.14. The van der Waals surface area contributed by atoms with Crippen LogP contribution in [0.4, 0.5) is 0 Å². The molecule has 6 heteroatoms. The minimum Gasteiger partial charge on any atom is -0.464 e. The Hall–Kier alpha value is -1.66. The van der Waals surface area contributed by atoms with Crippen molar-refractivity contribution in [3.05, 3.63) is 52.3 Å². The zero-order valence-corrected chi connectivity index (χ0v) is 12.7. The molecule has 0 aliphatic heterocycles. The molecule has 1 aromatic carbocycles. The maximum Gasteiger partial charge on any atom is 0.356 e. The van der Waals surface area contributed by atoms with Gasteiger partial charge in [0.25, 0.3) is 0 Å². The van der Waals surface area contributed by atoms with Gasteiger partial charge in [-0.3, -0.25) is 4.68 Å². The van der Waals surface area contributed by atoms with E-state index in [1.165, 1.54) is 7.11 Å². The number of carbonyl (C=O) groups excluding carboxylic acids is 1. The zero-order valence-electron chi connectivity index (χ0n) is 11.1. The van der Waals surface area contributed by atoms with Gasteiger partial charge in [0.05, 0.1) is 26.9 Å². The van der Waals surface area contributed by atoms with Gasteiger partial charge in [-0.1, -0.05) is 30.3 Å². The maximum atomic E-state index is 11.6. The van der Waals surface area contributed by atoms with Crippen molar-refractivity contribution in [3.63, 3.8) is 0 Å². The van der Waals surface area contributed by atoms with Crippen molar-refractivity contribution in [2.75, 3.05) is 13.7 Å². The lowest BCUT2D eigenvalue weighted by Crippen LogP contribution is -2.15. The van der Waals surface area contributed by atoms with Crippen LogP contribution in [-0.2, 0) is 22.6 Å². The molecule has 0 spiro atoms. The summed E-state index contributed by atoms with van der Waals surface area (Å²) in [6.07, 6.45) is 0. The molecular weight excluding hydrogens is 324 g/mol. The summed E-state index contributed by atoms with van der Waals surface area (Å²) in [6, 6.07) is 11.5. The van der Waals surface area contributed by atoms with Crippen molar-refractivity contribution >= 4 is 21.9 Å². The first kappa shape index (κ1) is 14.7. The van der Waals surface area contributed by atoms with Gasteiger partial charge in [-0.15, -0.1) is 0 Å². The minimum atomic E-state index is -0.411. The molecule has 0 aliphatic rings. The van der Waals surface area contributed by atoms with Gasteiger partial charge in [0, 0.05) is 6.07 Å². The molecule has 0 bridgehead atoms. The van der Waals surface area contributed by atoms with Crippen LogP contribution in [-0.4, -0.2) is 29.5 Å². The van der Waals surface area contributed by atoms with Gasteiger partial charge >= 0.3 is 5.97 Å². The van der Waals surface area contributed by atoms with Crippen molar-refractivity contribution in [3.8, 4) is 0 Å². The third kappa shape index (κ3) is 3.91. The normalized spacial score (nSPS) is 10.5. The molecule has 0 radical (unpaired) electrons. The molecule has 1 aromatic heterocycles. The maximum absolute atomic E-state index is 11.6. The number of nitrogens with zero attached hydrogens (tertiary/aromatic N) is 2. The van der Waals surface area contributed by atoms with Crippen LogP contribution in [0.3, 0.4) is 0 Å². The minimum absolute atomic E-state index is 0.405. The fraction of sp³-hybridized carbons (Fsp3) is 0.286. The van der Waals surface area contributed by atoms with E-state index in [9.17, 15) is 4.79 Å². The summed E-state index contributed by atoms with van der Waals surface area (Å²) in [5.41, 5.74) is 1.52. The number of methoxy groups -OCH3 is 1. The van der Waals surface area contributed by atoms with E-state index in [2.05, 4.69) is 21.0 Å². The molecule has 0 fully saturated rings. The molecule has 0 unspecified atom stereocenters. The Morgan fingerprint density at radius 2 is 2.10 bits per heavy atom. The second-order valence-corrected chi connectivity index (χ2v) is 4.92. The van der Waals surface area contributed by atoms with E-state index in [0.717, 1.165) is 5.56 Å². The molecule has 5 nitrogen and oxygen atoms in total. The quantitative estimate of drug-likeness (QED) is 0.600. The highest BCUT2D eigenvalue weighted by Crippen LogP contribution is 2.12. The van der Waals surface area contributed by atoms with E-state index in [4.69, 9.17) is 9.47 Å². The SMILES string of the molecule is COC(=O)c1cc(Br)nn1CCOCc1ccccc1. The molecule has 20 heavy (non-hydrogen) atoms. The van der Waals surface area contributed by atoms with Crippen LogP contribution in [0.1, 0.15) is 16.1 Å². The fourth-order valence-corrected chi connectivity index (χ4v) is 2.15. The molecular formula is C14H15BrN2O3. The Kier molecular flexibility index (Phi) is 5.31. The second-order valence-electron chi connectivity index (χ2n) is 4.11. The van der Waals surface area contributed by atoms with Gasteiger partial charge in [0.15, 0.2) is 0 Å². The van der Waals surface area contributed by atoms with Crippen molar-refractivity contribution in [1.29, 1.82) is 0 Å². The molecule has 1 heterocycles. The van der Waals surface area contributed by atoms with Crippen LogP contribution in [0.15, 0.2) is 41.0 Å². The number of halogens is 1. The lowest BCUT2D eigenvalue weighted by molar-refractivity contribution is 0.0579. The Balaban J connectivity index is 1.86. The fourth-order valence-electron chi connectivity index (χ4n) is 1.74. The van der Waals surface area contributed by atoms with Crippen LogP contribution in [0.5, 0.6) is 0 Å². The summed E-state index contributed by atoms with van der Waals surface area (Å²) in [5.74, 6) is -0.411. The number of rotatable bonds is 6. The standard InChI is InChI=1S/C14H15BrN2O3/c1-19-14(18)12-9-13(15)16-17(12)7-8-20-10-11-5-3-2-4-6-11/h2-6,9H,7-8,10H2,1H3. The van der Waals surface area contributed by atoms with Crippen molar-refractivity contribution in [2.24, 2.45) is 0 Å². The Labute approximate surface area is 125 Å². The van der Waals surface area contributed by atoms with E-state index < -0.39 is 5.97 Å². The predicted molar refractivity (Wildman–Crippen MR) is 77.4 cm³/mol. The summed E-state index contributed by atoms with van der Waals surface area (Å²) in [6.45, 7) is 1.49. The van der Waals surface area contributed by atoms with E-state index in [0.29, 0.717) is 30.1 Å². The summed E-state index contributed by atoms with van der Waals surface area (Å²) in [4.78, 5) is 11.6. The topological polar surface area (TPSA) is 53.3 Å². The van der Waals surface area contributed by atoms with Crippen LogP contribution in [0.25, 0.3) is 0 Å². The van der Waals surface area contributed by atoms with Gasteiger partial charge in [-0.25, -0.2) is 4.79 Å². The number of benzene rings is 1. The average Bonchev–Trinajstić information content (AvgIpc) is 2.85. The molecule has 0 atom stereocenters. The summed E-state index contributed by atoms with van der Waals surface area (Å²) < 4.78 is 12.4. The van der Waals surface area contributed by atoms with E-state index in [1.807, 2.05) is 30.3 Å². The molecule has 2 aromatic rings. The number of hydrogen-bond donors (Lipinski definition) is 0. The third-order valence-electron chi connectivity index (χ3n) is 2.70. The molecule has 2 rings (SSSR count). The van der Waals surface area contributed by atoms with Crippen LogP contribution in [0, 0.1) is 0 Å². The van der Waals surface area contributed by atoms with Gasteiger partial charge in [-0.05, 0) is 21.5 Å². The van der Waals surface area contributed by atoms with Crippen LogP contribution < -0.4 is 0 Å². The van der Waals surface area contributed by atoms with Crippen molar-refractivity contribution in [2.45, 2.75) is 13.2 Å². The summed E-state index contributed by atoms with van der Waals surface area (Å²) in [7, 11) is 1.35. The van der Waals surface area contributed by atoms with E-state index in [1.54, 1.807) is 10.7 Å². The largest absolute Gasteiger partial charge is 0.464 e. The highest BCUT2D eigenvalue weighted by atomic mass is 79.9. The lowest BCUT2D eigenvalue weighted by atomic mass is 10.2. The molecule has 106 valence electrons. The zero-order chi connectivity index (χ0) is 14.4. The number of hydrogen-bond acceptors (Lipinski definition) is 4. The Morgan fingerprint density at radius 3 is 2.80 bits per heavy atom. The van der Waals surface area contributed by atoms with Crippen LogP contribution >= 0.6 is 15.9 Å². The highest BCUT2D eigenvalue weighted by molar-refractivity contribution is 9.10. The predicted octanol–water partition coefficient (Wildman–Crippen LogP) is 2.65. The number of esters is 1. The first-order chi connectivity index (χ1) is 9.70. The monoisotopic (exact) mass is 338 g/mol. The molecule has 0 aliphatic carbocycles. The van der Waals surface area contributed by atoms with Gasteiger partial charge in [0.2, 0.25) is 0 Å². The van der Waals surface area contributed by atoms with Crippen molar-refractivity contribution < 1.29 is 14.3 Å². The smallest absolute Gasteiger partial charge is 0.356 e. The average molecular weight is 339 g/mol. The third-order valence-corrected chi connectivity index (χ3v) is 3.09. The summed E-state index contributed by atoms with van der Waals surface area (Å²) in [5, 5.41) is 4.18. The molecule has 0 N–H and O–H groups in total. The van der Waals surface area contributed by atoms with E-state index >= 15 is 0 Å².